The third kappa shape index (κ3) is 3.42. The first-order valence-corrected chi connectivity index (χ1v) is 6.86. The summed E-state index contributed by atoms with van der Waals surface area (Å²) in [6, 6.07) is 2.03. The van der Waals surface area contributed by atoms with Crippen molar-refractivity contribution in [2.75, 3.05) is 11.9 Å². The van der Waals surface area contributed by atoms with E-state index in [2.05, 4.69) is 17.2 Å². The molecule has 1 aliphatic carbocycles. The van der Waals surface area contributed by atoms with Crippen molar-refractivity contribution in [3.8, 4) is 0 Å². The summed E-state index contributed by atoms with van der Waals surface area (Å²) in [6.45, 7) is 2.58. The Balaban J connectivity index is 2.16. The maximum absolute atomic E-state index is 12.7. The maximum Gasteiger partial charge on any atom is 0.416 e. The molecule has 0 amide bonds. The van der Waals surface area contributed by atoms with Crippen LogP contribution < -0.4 is 11.1 Å². The number of pyridine rings is 1. The van der Waals surface area contributed by atoms with Crippen LogP contribution in [-0.2, 0) is 6.18 Å². The lowest BCUT2D eigenvalue weighted by Crippen LogP contribution is -2.48. The Morgan fingerprint density at radius 3 is 2.60 bits per heavy atom. The quantitative estimate of drug-likeness (QED) is 0.895. The van der Waals surface area contributed by atoms with Crippen molar-refractivity contribution in [1.29, 1.82) is 0 Å². The second kappa shape index (κ2) is 5.60. The largest absolute Gasteiger partial charge is 0.416 e. The number of alkyl halides is 3. The van der Waals surface area contributed by atoms with Crippen LogP contribution in [0, 0.1) is 5.92 Å². The van der Waals surface area contributed by atoms with Crippen LogP contribution in [0.1, 0.15) is 38.2 Å². The zero-order valence-corrected chi connectivity index (χ0v) is 11.5. The van der Waals surface area contributed by atoms with Crippen LogP contribution in [0.15, 0.2) is 18.3 Å². The molecule has 0 unspecified atom stereocenters. The number of rotatable bonds is 3. The lowest BCUT2D eigenvalue weighted by molar-refractivity contribution is -0.137. The minimum Gasteiger partial charge on any atom is -0.363 e. The summed E-state index contributed by atoms with van der Waals surface area (Å²) >= 11 is 0. The standard InChI is InChI=1S/C14H20F3N3/c1-10-2-5-13(9-18,6-3-10)20-12-8-11(4-7-19-12)14(15,16)17/h4,7-8,10H,2-3,5-6,9,18H2,1H3,(H,19,20). The van der Waals surface area contributed by atoms with Crippen LogP contribution in [0.4, 0.5) is 19.0 Å². The third-order valence-electron chi connectivity index (χ3n) is 4.10. The Bertz CT molecular complexity index is 451. The second-order valence-corrected chi connectivity index (χ2v) is 5.72. The summed E-state index contributed by atoms with van der Waals surface area (Å²) in [5.41, 5.74) is 4.82. The van der Waals surface area contributed by atoms with Crippen molar-refractivity contribution in [2.24, 2.45) is 11.7 Å². The normalized spacial score (nSPS) is 27.4. The summed E-state index contributed by atoms with van der Waals surface area (Å²) in [5.74, 6) is 0.894. The molecule has 1 heterocycles. The van der Waals surface area contributed by atoms with Gasteiger partial charge in [-0.1, -0.05) is 6.92 Å². The van der Waals surface area contributed by atoms with Gasteiger partial charge in [0.15, 0.2) is 0 Å². The summed E-state index contributed by atoms with van der Waals surface area (Å²) in [4.78, 5) is 3.99. The fourth-order valence-electron chi connectivity index (χ4n) is 2.64. The number of nitrogens with zero attached hydrogens (tertiary/aromatic N) is 1. The Morgan fingerprint density at radius 1 is 1.40 bits per heavy atom. The Labute approximate surface area is 116 Å². The molecular weight excluding hydrogens is 267 g/mol. The molecule has 0 radical (unpaired) electrons. The van der Waals surface area contributed by atoms with Crippen molar-refractivity contribution in [2.45, 2.75) is 44.3 Å². The highest BCUT2D eigenvalue weighted by atomic mass is 19.4. The first-order valence-electron chi connectivity index (χ1n) is 6.86. The number of aromatic nitrogens is 1. The molecule has 20 heavy (non-hydrogen) atoms. The minimum atomic E-state index is -4.35. The zero-order valence-electron chi connectivity index (χ0n) is 11.5. The molecule has 6 heteroatoms. The van der Waals surface area contributed by atoms with E-state index in [1.54, 1.807) is 0 Å². The molecule has 0 atom stereocenters. The van der Waals surface area contributed by atoms with Crippen molar-refractivity contribution < 1.29 is 13.2 Å². The summed E-state index contributed by atoms with van der Waals surface area (Å²) in [6.07, 6.45) is 0.620. The van der Waals surface area contributed by atoms with Gasteiger partial charge in [0.25, 0.3) is 0 Å². The van der Waals surface area contributed by atoms with E-state index >= 15 is 0 Å². The van der Waals surface area contributed by atoms with E-state index in [0.717, 1.165) is 37.8 Å². The van der Waals surface area contributed by atoms with Gasteiger partial charge in [0.05, 0.1) is 11.1 Å². The van der Waals surface area contributed by atoms with Gasteiger partial charge in [-0.2, -0.15) is 13.2 Å². The molecule has 0 aromatic carbocycles. The number of halogens is 3. The third-order valence-corrected chi connectivity index (χ3v) is 4.10. The lowest BCUT2D eigenvalue weighted by Gasteiger charge is -2.39. The number of hydrogen-bond donors (Lipinski definition) is 2. The molecule has 1 aliphatic rings. The van der Waals surface area contributed by atoms with E-state index < -0.39 is 11.7 Å². The molecule has 3 nitrogen and oxygen atoms in total. The molecule has 1 aromatic rings. The Kier molecular flexibility index (Phi) is 4.22. The number of anilines is 1. The van der Waals surface area contributed by atoms with Crippen LogP contribution in [0.3, 0.4) is 0 Å². The Hall–Kier alpha value is -1.30. The summed E-state index contributed by atoms with van der Waals surface area (Å²) in [5, 5.41) is 3.14. The molecule has 0 spiro atoms. The molecule has 2 rings (SSSR count). The molecule has 0 aliphatic heterocycles. The predicted octanol–water partition coefficient (Wildman–Crippen LogP) is 3.42. The van der Waals surface area contributed by atoms with E-state index in [1.165, 1.54) is 6.20 Å². The van der Waals surface area contributed by atoms with Gasteiger partial charge in [-0.05, 0) is 43.7 Å². The molecule has 112 valence electrons. The molecular formula is C14H20F3N3. The number of nitrogens with two attached hydrogens (primary N) is 1. The molecule has 1 fully saturated rings. The number of hydrogen-bond acceptors (Lipinski definition) is 3. The van der Waals surface area contributed by atoms with E-state index in [-0.39, 0.29) is 11.4 Å². The average molecular weight is 287 g/mol. The van der Waals surface area contributed by atoms with Crippen LogP contribution in [0.5, 0.6) is 0 Å². The fourth-order valence-corrected chi connectivity index (χ4v) is 2.64. The van der Waals surface area contributed by atoms with E-state index in [1.807, 2.05) is 0 Å². The van der Waals surface area contributed by atoms with Crippen molar-refractivity contribution in [1.82, 2.24) is 4.98 Å². The molecule has 0 bridgehead atoms. The van der Waals surface area contributed by atoms with E-state index in [0.29, 0.717) is 12.5 Å². The minimum absolute atomic E-state index is 0.250. The molecule has 0 saturated heterocycles. The van der Waals surface area contributed by atoms with Gasteiger partial charge >= 0.3 is 6.18 Å². The molecule has 3 N–H and O–H groups in total. The highest BCUT2D eigenvalue weighted by molar-refractivity contribution is 5.41. The van der Waals surface area contributed by atoms with Gasteiger partial charge in [0, 0.05) is 12.7 Å². The van der Waals surface area contributed by atoms with Gasteiger partial charge in [-0.25, -0.2) is 4.98 Å². The van der Waals surface area contributed by atoms with Crippen LogP contribution in [-0.4, -0.2) is 17.1 Å². The van der Waals surface area contributed by atoms with Crippen LogP contribution in [0.2, 0.25) is 0 Å². The lowest BCUT2D eigenvalue weighted by atomic mass is 9.77. The van der Waals surface area contributed by atoms with Gasteiger partial charge < -0.3 is 11.1 Å². The number of nitrogens with one attached hydrogen (secondary N) is 1. The summed E-state index contributed by atoms with van der Waals surface area (Å²) < 4.78 is 38.1. The highest BCUT2D eigenvalue weighted by Gasteiger charge is 2.34. The van der Waals surface area contributed by atoms with Gasteiger partial charge in [0.1, 0.15) is 5.82 Å². The monoisotopic (exact) mass is 287 g/mol. The first-order chi connectivity index (χ1) is 9.35. The van der Waals surface area contributed by atoms with Gasteiger partial charge in [-0.3, -0.25) is 0 Å². The maximum atomic E-state index is 12.7. The van der Waals surface area contributed by atoms with Crippen LogP contribution >= 0.6 is 0 Å². The molecule has 1 saturated carbocycles. The SMILES string of the molecule is CC1CCC(CN)(Nc2cc(C(F)(F)F)ccn2)CC1. The second-order valence-electron chi connectivity index (χ2n) is 5.72. The van der Waals surface area contributed by atoms with Crippen molar-refractivity contribution >= 4 is 5.82 Å². The van der Waals surface area contributed by atoms with Gasteiger partial charge in [0.2, 0.25) is 0 Å². The van der Waals surface area contributed by atoms with Crippen LogP contribution in [0.25, 0.3) is 0 Å². The van der Waals surface area contributed by atoms with Gasteiger partial charge in [-0.15, -0.1) is 0 Å². The highest BCUT2D eigenvalue weighted by Crippen LogP contribution is 2.35. The fraction of sp³-hybridized carbons (Fsp3) is 0.643. The van der Waals surface area contributed by atoms with Crippen molar-refractivity contribution in [3.05, 3.63) is 23.9 Å². The summed E-state index contributed by atoms with van der Waals surface area (Å²) in [7, 11) is 0. The van der Waals surface area contributed by atoms with Crippen molar-refractivity contribution in [3.63, 3.8) is 0 Å². The topological polar surface area (TPSA) is 50.9 Å². The average Bonchev–Trinajstić information content (AvgIpc) is 2.41. The predicted molar refractivity (Wildman–Crippen MR) is 72.3 cm³/mol. The zero-order chi connectivity index (χ0) is 14.8. The van der Waals surface area contributed by atoms with E-state index in [4.69, 9.17) is 5.73 Å². The smallest absolute Gasteiger partial charge is 0.363 e. The van der Waals surface area contributed by atoms with E-state index in [9.17, 15) is 13.2 Å². The first kappa shape index (κ1) is 15.1. The Morgan fingerprint density at radius 2 is 2.05 bits per heavy atom. The molecule has 1 aromatic heterocycles.